The number of amides is 2. The molecule has 2 aliphatic carbocycles. The molecule has 4 rings (SSSR count). The summed E-state index contributed by atoms with van der Waals surface area (Å²) in [6, 6.07) is 0.807. The van der Waals surface area contributed by atoms with Crippen LogP contribution < -0.4 is 10.6 Å². The highest BCUT2D eigenvalue weighted by atomic mass is 16.2. The Bertz CT molecular complexity index is 735. The average molecular weight is 489 g/mol. The third-order valence-corrected chi connectivity index (χ3v) is 9.20. The maximum atomic E-state index is 13.1. The van der Waals surface area contributed by atoms with Crippen molar-refractivity contribution in [2.75, 3.05) is 13.1 Å². The topological polar surface area (TPSA) is 64.7 Å². The molecule has 6 nitrogen and oxygen atoms in total. The molecule has 2 amide bonds. The van der Waals surface area contributed by atoms with Gasteiger partial charge in [-0.3, -0.25) is 20.2 Å². The summed E-state index contributed by atoms with van der Waals surface area (Å²) >= 11 is 0. The van der Waals surface area contributed by atoms with E-state index in [2.05, 4.69) is 48.1 Å². The highest BCUT2D eigenvalue weighted by molar-refractivity contribution is 5.87. The van der Waals surface area contributed by atoms with Gasteiger partial charge < -0.3 is 9.80 Å². The number of nitrogens with one attached hydrogen (secondary N) is 2. The van der Waals surface area contributed by atoms with Crippen LogP contribution in [0.25, 0.3) is 0 Å². The molecule has 2 heterocycles. The van der Waals surface area contributed by atoms with Gasteiger partial charge in [0.2, 0.25) is 11.8 Å². The lowest BCUT2D eigenvalue weighted by atomic mass is 9.74. The maximum absolute atomic E-state index is 13.1. The Hall–Kier alpha value is -1.14. The predicted octanol–water partition coefficient (Wildman–Crippen LogP) is 4.47. The minimum Gasteiger partial charge on any atom is -0.336 e. The molecule has 2 saturated carbocycles. The van der Waals surface area contributed by atoms with Crippen LogP contribution in [-0.4, -0.2) is 68.9 Å². The van der Waals surface area contributed by atoms with Crippen molar-refractivity contribution in [2.45, 2.75) is 147 Å². The Morgan fingerprint density at radius 3 is 1.23 bits per heavy atom. The van der Waals surface area contributed by atoms with Crippen molar-refractivity contribution >= 4 is 11.8 Å². The third kappa shape index (κ3) is 5.89. The maximum Gasteiger partial charge on any atom is 0.242 e. The van der Waals surface area contributed by atoms with Gasteiger partial charge >= 0.3 is 0 Å². The van der Waals surface area contributed by atoms with Crippen molar-refractivity contribution in [3.8, 4) is 0 Å². The first-order chi connectivity index (χ1) is 16.1. The molecule has 0 aromatic rings. The normalized spacial score (nSPS) is 36.8. The van der Waals surface area contributed by atoms with Crippen LogP contribution in [0, 0.1) is 11.8 Å². The number of hydrogen-bond acceptors (Lipinski definition) is 4. The van der Waals surface area contributed by atoms with E-state index in [1.807, 2.05) is 27.7 Å². The van der Waals surface area contributed by atoms with Crippen molar-refractivity contribution in [3.05, 3.63) is 0 Å². The van der Waals surface area contributed by atoms with Gasteiger partial charge in [-0.1, -0.05) is 0 Å². The second kappa shape index (κ2) is 9.31. The summed E-state index contributed by atoms with van der Waals surface area (Å²) in [4.78, 5) is 30.7. The summed E-state index contributed by atoms with van der Waals surface area (Å²) in [5.41, 5.74) is -1.03. The zero-order chi connectivity index (χ0) is 25.8. The molecule has 200 valence electrons. The van der Waals surface area contributed by atoms with E-state index in [1.54, 1.807) is 0 Å². The number of rotatable bonds is 4. The van der Waals surface area contributed by atoms with Crippen LogP contribution in [0.5, 0.6) is 0 Å². The lowest BCUT2D eigenvalue weighted by Crippen LogP contribution is -2.71. The molecule has 0 atom stereocenters. The molecule has 0 spiro atoms. The molecule has 0 aromatic carbocycles. The summed E-state index contributed by atoms with van der Waals surface area (Å²) < 4.78 is 0. The molecule has 0 aromatic heterocycles. The van der Waals surface area contributed by atoms with Crippen LogP contribution in [-0.2, 0) is 9.59 Å². The zero-order valence-electron chi connectivity index (χ0n) is 23.8. The fraction of sp³-hybridized carbons (Fsp3) is 0.931. The molecular weight excluding hydrogens is 436 g/mol. The van der Waals surface area contributed by atoms with E-state index < -0.39 is 11.1 Å². The Morgan fingerprint density at radius 2 is 0.914 bits per heavy atom. The minimum absolute atomic E-state index is 0.0386. The predicted molar refractivity (Wildman–Crippen MR) is 142 cm³/mol. The second-order valence-electron chi connectivity index (χ2n) is 14.7. The number of carbonyl (C=O) groups is 2. The standard InChI is InChI=1S/C29H52N4O2/c1-26(2)18-32(24(34)28(5,6)30-26)22-13-9-20(10-14-22)17-21-11-15-23(16-12-21)33-19-27(3,4)31-29(7,8)25(33)35/h20-23,30-31H,9-19H2,1-8H3. The van der Waals surface area contributed by atoms with Gasteiger partial charge in [0.1, 0.15) is 0 Å². The Balaban J connectivity index is 1.26. The van der Waals surface area contributed by atoms with Crippen molar-refractivity contribution < 1.29 is 9.59 Å². The van der Waals surface area contributed by atoms with Crippen LogP contribution in [0.4, 0.5) is 0 Å². The molecular formula is C29H52N4O2. The minimum atomic E-state index is -0.479. The first-order valence-corrected chi connectivity index (χ1v) is 14.3. The van der Waals surface area contributed by atoms with Crippen LogP contribution in [0.2, 0.25) is 0 Å². The highest BCUT2D eigenvalue weighted by Crippen LogP contribution is 2.39. The summed E-state index contributed by atoms with van der Waals surface area (Å²) in [5, 5.41) is 7.07. The second-order valence-corrected chi connectivity index (χ2v) is 14.7. The molecule has 4 aliphatic rings. The van der Waals surface area contributed by atoms with Crippen molar-refractivity contribution in [1.82, 2.24) is 20.4 Å². The van der Waals surface area contributed by atoms with Gasteiger partial charge in [-0.15, -0.1) is 0 Å². The summed E-state index contributed by atoms with van der Waals surface area (Å²) in [7, 11) is 0. The molecule has 0 unspecified atom stereocenters. The van der Waals surface area contributed by atoms with E-state index in [0.717, 1.165) is 50.6 Å². The van der Waals surface area contributed by atoms with Gasteiger partial charge in [0, 0.05) is 36.3 Å². The molecule has 2 saturated heterocycles. The van der Waals surface area contributed by atoms with Crippen molar-refractivity contribution in [2.24, 2.45) is 11.8 Å². The van der Waals surface area contributed by atoms with E-state index in [1.165, 1.54) is 32.1 Å². The van der Waals surface area contributed by atoms with Crippen molar-refractivity contribution in [3.63, 3.8) is 0 Å². The summed E-state index contributed by atoms with van der Waals surface area (Å²) in [6.45, 7) is 18.6. The Kier molecular flexibility index (Phi) is 7.16. The molecule has 4 fully saturated rings. The number of carbonyl (C=O) groups excluding carboxylic acids is 2. The van der Waals surface area contributed by atoms with Gasteiger partial charge in [0.05, 0.1) is 11.1 Å². The fourth-order valence-electron chi connectivity index (χ4n) is 8.04. The number of piperazine rings is 2. The molecule has 2 N–H and O–H groups in total. The van der Waals surface area contributed by atoms with Crippen LogP contribution >= 0.6 is 0 Å². The molecule has 6 heteroatoms. The van der Waals surface area contributed by atoms with Gasteiger partial charge in [-0.05, 0) is 125 Å². The quantitative estimate of drug-likeness (QED) is 0.613. The smallest absolute Gasteiger partial charge is 0.242 e. The van der Waals surface area contributed by atoms with Crippen molar-refractivity contribution in [1.29, 1.82) is 0 Å². The molecule has 0 radical (unpaired) electrons. The Labute approximate surface area is 214 Å². The van der Waals surface area contributed by atoms with E-state index in [0.29, 0.717) is 12.1 Å². The summed E-state index contributed by atoms with van der Waals surface area (Å²) in [5.74, 6) is 2.14. The van der Waals surface area contributed by atoms with Gasteiger partial charge in [0.15, 0.2) is 0 Å². The SMILES string of the molecule is CC1(C)CN(C2CCC(CC3CCC(N4CC(C)(C)NC(C)(C)C4=O)CC3)CC2)C(=O)C(C)(C)N1. The summed E-state index contributed by atoms with van der Waals surface area (Å²) in [6.07, 6.45) is 10.9. The average Bonchev–Trinajstić information content (AvgIpc) is 2.73. The van der Waals surface area contributed by atoms with E-state index in [9.17, 15) is 9.59 Å². The lowest BCUT2D eigenvalue weighted by Gasteiger charge is -2.51. The van der Waals surface area contributed by atoms with Gasteiger partial charge in [-0.2, -0.15) is 0 Å². The van der Waals surface area contributed by atoms with E-state index in [-0.39, 0.29) is 22.9 Å². The van der Waals surface area contributed by atoms with Crippen LogP contribution in [0.1, 0.15) is 113 Å². The van der Waals surface area contributed by atoms with Crippen LogP contribution in [0.3, 0.4) is 0 Å². The monoisotopic (exact) mass is 488 g/mol. The van der Waals surface area contributed by atoms with Gasteiger partial charge in [-0.25, -0.2) is 0 Å². The fourth-order valence-corrected chi connectivity index (χ4v) is 8.04. The number of hydrogen-bond donors (Lipinski definition) is 2. The number of nitrogens with zero attached hydrogens (tertiary/aromatic N) is 2. The molecule has 35 heavy (non-hydrogen) atoms. The van der Waals surface area contributed by atoms with Gasteiger partial charge in [0.25, 0.3) is 0 Å². The third-order valence-electron chi connectivity index (χ3n) is 9.20. The Morgan fingerprint density at radius 1 is 0.600 bits per heavy atom. The molecule has 0 bridgehead atoms. The zero-order valence-corrected chi connectivity index (χ0v) is 23.8. The first kappa shape index (κ1) is 26.9. The van der Waals surface area contributed by atoms with Crippen LogP contribution in [0.15, 0.2) is 0 Å². The van der Waals surface area contributed by atoms with E-state index in [4.69, 9.17) is 0 Å². The van der Waals surface area contributed by atoms with E-state index >= 15 is 0 Å². The molecule has 2 aliphatic heterocycles. The highest BCUT2D eigenvalue weighted by Gasteiger charge is 2.47. The lowest BCUT2D eigenvalue weighted by molar-refractivity contribution is -0.148. The first-order valence-electron chi connectivity index (χ1n) is 14.3. The largest absolute Gasteiger partial charge is 0.336 e.